The van der Waals surface area contributed by atoms with Crippen LogP contribution in [0.1, 0.15) is 12.8 Å². The maximum absolute atomic E-state index is 5.41. The molecular formula is C11H17N3O. The first-order chi connectivity index (χ1) is 7.38. The Kier molecular flexibility index (Phi) is 3.40. The van der Waals surface area contributed by atoms with Crippen LogP contribution in [0, 0.1) is 0 Å². The van der Waals surface area contributed by atoms with E-state index in [0.29, 0.717) is 6.04 Å². The molecule has 4 heteroatoms. The molecule has 0 bridgehead atoms. The Labute approximate surface area is 90.0 Å². The van der Waals surface area contributed by atoms with Gasteiger partial charge in [0.05, 0.1) is 30.4 Å². The van der Waals surface area contributed by atoms with E-state index >= 15 is 0 Å². The molecule has 1 fully saturated rings. The lowest BCUT2D eigenvalue weighted by atomic mass is 10.1. The van der Waals surface area contributed by atoms with E-state index in [1.165, 1.54) is 6.42 Å². The van der Waals surface area contributed by atoms with Gasteiger partial charge in [-0.15, -0.1) is 0 Å². The maximum Gasteiger partial charge on any atom is 0.0667 e. The van der Waals surface area contributed by atoms with Crippen molar-refractivity contribution >= 4 is 11.4 Å². The summed E-state index contributed by atoms with van der Waals surface area (Å²) in [5, 5.41) is 6.50. The van der Waals surface area contributed by atoms with E-state index in [1.807, 2.05) is 19.4 Å². The topological polar surface area (TPSA) is 46.2 Å². The number of rotatable bonds is 3. The van der Waals surface area contributed by atoms with Gasteiger partial charge in [-0.3, -0.25) is 4.98 Å². The minimum absolute atomic E-state index is 0.424. The van der Waals surface area contributed by atoms with Gasteiger partial charge >= 0.3 is 0 Å². The van der Waals surface area contributed by atoms with Crippen molar-refractivity contribution in [2.24, 2.45) is 0 Å². The molecule has 15 heavy (non-hydrogen) atoms. The van der Waals surface area contributed by atoms with Gasteiger partial charge in [0.1, 0.15) is 0 Å². The lowest BCUT2D eigenvalue weighted by molar-refractivity contribution is 0.0876. The van der Waals surface area contributed by atoms with Gasteiger partial charge in [0.15, 0.2) is 0 Å². The van der Waals surface area contributed by atoms with Crippen LogP contribution in [0.3, 0.4) is 0 Å². The van der Waals surface area contributed by atoms with Crippen molar-refractivity contribution in [1.82, 2.24) is 4.98 Å². The first-order valence-electron chi connectivity index (χ1n) is 5.35. The number of hydrogen-bond acceptors (Lipinski definition) is 4. The highest BCUT2D eigenvalue weighted by Crippen LogP contribution is 2.16. The summed E-state index contributed by atoms with van der Waals surface area (Å²) in [5.41, 5.74) is 2.08. The quantitative estimate of drug-likeness (QED) is 0.792. The minimum Gasteiger partial charge on any atom is -0.387 e. The van der Waals surface area contributed by atoms with E-state index in [2.05, 4.69) is 21.7 Å². The monoisotopic (exact) mass is 207 g/mol. The molecule has 1 atom stereocenters. The molecule has 0 spiro atoms. The number of pyridine rings is 1. The van der Waals surface area contributed by atoms with E-state index in [1.54, 1.807) is 0 Å². The van der Waals surface area contributed by atoms with Crippen LogP contribution in [-0.2, 0) is 4.74 Å². The van der Waals surface area contributed by atoms with Crippen LogP contribution in [0.5, 0.6) is 0 Å². The fourth-order valence-electron chi connectivity index (χ4n) is 1.75. The molecule has 0 aliphatic carbocycles. The Morgan fingerprint density at radius 2 is 2.27 bits per heavy atom. The molecule has 2 rings (SSSR count). The molecule has 2 heterocycles. The number of hydrogen-bond donors (Lipinski definition) is 2. The lowest BCUT2D eigenvalue weighted by Gasteiger charge is -2.24. The summed E-state index contributed by atoms with van der Waals surface area (Å²) >= 11 is 0. The van der Waals surface area contributed by atoms with Gasteiger partial charge in [0, 0.05) is 19.7 Å². The Morgan fingerprint density at radius 1 is 1.40 bits per heavy atom. The second-order valence-corrected chi connectivity index (χ2v) is 3.77. The number of ether oxygens (including phenoxy) is 1. The smallest absolute Gasteiger partial charge is 0.0667 e. The van der Waals surface area contributed by atoms with E-state index in [9.17, 15) is 0 Å². The highest BCUT2D eigenvalue weighted by Gasteiger charge is 2.13. The Bertz CT molecular complexity index is 310. The standard InChI is InChI=1S/C11H17N3O/c1-12-10-5-11(7-13-6-10)14-9-3-2-4-15-8-9/h5-7,9,12,14H,2-4,8H2,1H3. The molecule has 2 N–H and O–H groups in total. The van der Waals surface area contributed by atoms with Crippen LogP contribution in [0.4, 0.5) is 11.4 Å². The molecule has 0 radical (unpaired) electrons. The summed E-state index contributed by atoms with van der Waals surface area (Å²) in [6, 6.07) is 2.48. The van der Waals surface area contributed by atoms with Crippen molar-refractivity contribution < 1.29 is 4.74 Å². The Hall–Kier alpha value is -1.29. The second kappa shape index (κ2) is 4.98. The molecular weight excluding hydrogens is 190 g/mol. The first-order valence-corrected chi connectivity index (χ1v) is 5.35. The third-order valence-corrected chi connectivity index (χ3v) is 2.56. The van der Waals surface area contributed by atoms with Crippen LogP contribution in [0.25, 0.3) is 0 Å². The molecule has 1 aliphatic rings. The number of anilines is 2. The first kappa shape index (κ1) is 10.2. The van der Waals surface area contributed by atoms with E-state index < -0.39 is 0 Å². The van der Waals surface area contributed by atoms with Crippen LogP contribution < -0.4 is 10.6 Å². The average molecular weight is 207 g/mol. The van der Waals surface area contributed by atoms with Gasteiger partial charge < -0.3 is 15.4 Å². The van der Waals surface area contributed by atoms with Crippen LogP contribution >= 0.6 is 0 Å². The molecule has 1 saturated heterocycles. The van der Waals surface area contributed by atoms with Crippen molar-refractivity contribution in [3.05, 3.63) is 18.5 Å². The molecule has 0 amide bonds. The Morgan fingerprint density at radius 3 is 3.00 bits per heavy atom. The van der Waals surface area contributed by atoms with Gasteiger partial charge in [-0.25, -0.2) is 0 Å². The normalized spacial score (nSPS) is 21.0. The highest BCUT2D eigenvalue weighted by atomic mass is 16.5. The largest absolute Gasteiger partial charge is 0.387 e. The predicted molar refractivity (Wildman–Crippen MR) is 61.2 cm³/mol. The molecule has 82 valence electrons. The van der Waals surface area contributed by atoms with Gasteiger partial charge in [0.25, 0.3) is 0 Å². The van der Waals surface area contributed by atoms with Crippen molar-refractivity contribution in [3.63, 3.8) is 0 Å². The third kappa shape index (κ3) is 2.83. The highest BCUT2D eigenvalue weighted by molar-refractivity contribution is 5.54. The van der Waals surface area contributed by atoms with Gasteiger partial charge in [-0.05, 0) is 18.9 Å². The average Bonchev–Trinajstić information content (AvgIpc) is 2.31. The SMILES string of the molecule is CNc1cncc(NC2CCCOC2)c1. The zero-order valence-corrected chi connectivity index (χ0v) is 8.99. The number of nitrogens with one attached hydrogen (secondary N) is 2. The summed E-state index contributed by atoms with van der Waals surface area (Å²) in [6.45, 7) is 1.69. The maximum atomic E-state index is 5.41. The van der Waals surface area contributed by atoms with Crippen molar-refractivity contribution in [2.45, 2.75) is 18.9 Å². The molecule has 1 unspecified atom stereocenters. The zero-order valence-electron chi connectivity index (χ0n) is 8.99. The van der Waals surface area contributed by atoms with E-state index in [0.717, 1.165) is 31.0 Å². The fourth-order valence-corrected chi connectivity index (χ4v) is 1.75. The molecule has 1 aliphatic heterocycles. The van der Waals surface area contributed by atoms with E-state index in [4.69, 9.17) is 4.74 Å². The molecule has 1 aromatic rings. The minimum atomic E-state index is 0.424. The molecule has 0 aromatic carbocycles. The second-order valence-electron chi connectivity index (χ2n) is 3.77. The molecule has 4 nitrogen and oxygen atoms in total. The van der Waals surface area contributed by atoms with Crippen molar-refractivity contribution in [1.29, 1.82) is 0 Å². The van der Waals surface area contributed by atoms with Gasteiger partial charge in [0.2, 0.25) is 0 Å². The zero-order chi connectivity index (χ0) is 10.5. The fraction of sp³-hybridized carbons (Fsp3) is 0.545. The number of nitrogens with zero attached hydrogens (tertiary/aromatic N) is 1. The van der Waals surface area contributed by atoms with Crippen LogP contribution in [-0.4, -0.2) is 31.3 Å². The third-order valence-electron chi connectivity index (χ3n) is 2.56. The van der Waals surface area contributed by atoms with Crippen molar-refractivity contribution in [3.8, 4) is 0 Å². The van der Waals surface area contributed by atoms with Crippen molar-refractivity contribution in [2.75, 3.05) is 30.9 Å². The van der Waals surface area contributed by atoms with Gasteiger partial charge in [-0.2, -0.15) is 0 Å². The Balaban J connectivity index is 1.96. The molecule has 0 saturated carbocycles. The molecule has 1 aromatic heterocycles. The summed E-state index contributed by atoms with van der Waals surface area (Å²) in [4.78, 5) is 4.16. The summed E-state index contributed by atoms with van der Waals surface area (Å²) < 4.78 is 5.41. The lowest BCUT2D eigenvalue weighted by Crippen LogP contribution is -2.29. The number of aromatic nitrogens is 1. The summed E-state index contributed by atoms with van der Waals surface area (Å²) in [6.07, 6.45) is 5.96. The van der Waals surface area contributed by atoms with E-state index in [-0.39, 0.29) is 0 Å². The summed E-state index contributed by atoms with van der Waals surface area (Å²) in [5.74, 6) is 0. The summed E-state index contributed by atoms with van der Waals surface area (Å²) in [7, 11) is 1.89. The van der Waals surface area contributed by atoms with Crippen LogP contribution in [0.2, 0.25) is 0 Å². The van der Waals surface area contributed by atoms with Gasteiger partial charge in [-0.1, -0.05) is 0 Å². The van der Waals surface area contributed by atoms with Crippen LogP contribution in [0.15, 0.2) is 18.5 Å². The predicted octanol–water partition coefficient (Wildman–Crippen LogP) is 1.71.